The van der Waals surface area contributed by atoms with Gasteiger partial charge < -0.3 is 9.64 Å². The zero-order chi connectivity index (χ0) is 23.4. The highest BCUT2D eigenvalue weighted by Gasteiger charge is 2.38. The lowest BCUT2D eigenvalue weighted by Crippen LogP contribution is -2.56. The van der Waals surface area contributed by atoms with Gasteiger partial charge in [0.1, 0.15) is 0 Å². The smallest absolute Gasteiger partial charge is 0.187 e. The van der Waals surface area contributed by atoms with Crippen LogP contribution in [0.4, 0.5) is 11.4 Å². The Labute approximate surface area is 210 Å². The number of methoxy groups -OCH3 is 1. The van der Waals surface area contributed by atoms with Gasteiger partial charge >= 0.3 is 0 Å². The molecule has 1 heterocycles. The third-order valence-corrected chi connectivity index (χ3v) is 6.81. The van der Waals surface area contributed by atoms with Crippen molar-refractivity contribution in [2.24, 2.45) is 0 Å². The molecule has 1 aliphatic heterocycles. The summed E-state index contributed by atoms with van der Waals surface area (Å²) in [5, 5.41) is 1.94. The van der Waals surface area contributed by atoms with Crippen molar-refractivity contribution in [2.45, 2.75) is 18.6 Å². The van der Waals surface area contributed by atoms with Crippen molar-refractivity contribution < 1.29 is 4.74 Å². The molecule has 0 amide bonds. The predicted molar refractivity (Wildman–Crippen MR) is 137 cm³/mol. The van der Waals surface area contributed by atoms with Gasteiger partial charge in [-0.25, -0.2) is 4.85 Å². The van der Waals surface area contributed by atoms with Gasteiger partial charge in [-0.15, -0.1) is 0 Å². The first-order chi connectivity index (χ1) is 16.0. The lowest BCUT2D eigenvalue weighted by atomic mass is 9.93. The van der Waals surface area contributed by atoms with Gasteiger partial charge in [-0.2, -0.15) is 0 Å². The number of hydrogen-bond acceptors (Lipinski definition) is 3. The minimum atomic E-state index is -0.00263. The third kappa shape index (κ3) is 5.46. The standard InChI is InChI=1S/C26H24Cl3N3O/c1-30-22-10-3-18(4-11-22)16-31-13-14-32(24-12-9-21(28)15-23(24)29)26(25(31)17-33-2)19-5-7-20(27)8-6-19/h3-12,15,25-26H,13-14,16-17H2,2H3/t25-,26+/m1/s1. The van der Waals surface area contributed by atoms with Crippen LogP contribution >= 0.6 is 34.8 Å². The Balaban J connectivity index is 1.72. The molecule has 4 nitrogen and oxygen atoms in total. The molecule has 0 spiro atoms. The Kier molecular flexibility index (Phi) is 7.80. The first kappa shape index (κ1) is 23.9. The molecule has 1 aliphatic rings. The topological polar surface area (TPSA) is 20.1 Å². The molecular formula is C26H24Cl3N3O. The molecule has 7 heteroatoms. The number of rotatable bonds is 6. The first-order valence-corrected chi connectivity index (χ1v) is 11.8. The van der Waals surface area contributed by atoms with Gasteiger partial charge in [0.05, 0.1) is 36.0 Å². The Bertz CT molecular complexity index is 1130. The van der Waals surface area contributed by atoms with Gasteiger partial charge in [0.2, 0.25) is 0 Å². The average molecular weight is 501 g/mol. The van der Waals surface area contributed by atoms with E-state index in [2.05, 4.69) is 26.8 Å². The summed E-state index contributed by atoms with van der Waals surface area (Å²) in [7, 11) is 1.73. The van der Waals surface area contributed by atoms with E-state index >= 15 is 0 Å². The average Bonchev–Trinajstić information content (AvgIpc) is 2.81. The molecule has 33 heavy (non-hydrogen) atoms. The molecule has 170 valence electrons. The highest BCUT2D eigenvalue weighted by molar-refractivity contribution is 6.36. The second-order valence-electron chi connectivity index (χ2n) is 8.06. The molecule has 4 rings (SSSR count). The number of halogens is 3. The van der Waals surface area contributed by atoms with Crippen molar-refractivity contribution in [3.05, 3.63) is 104 Å². The number of nitrogens with zero attached hydrogens (tertiary/aromatic N) is 3. The Morgan fingerprint density at radius 1 is 0.939 bits per heavy atom. The van der Waals surface area contributed by atoms with E-state index in [-0.39, 0.29) is 12.1 Å². The minimum Gasteiger partial charge on any atom is -0.383 e. The third-order valence-electron chi connectivity index (χ3n) is 6.02. The predicted octanol–water partition coefficient (Wildman–Crippen LogP) is 7.28. The van der Waals surface area contributed by atoms with Crippen LogP contribution in [0.3, 0.4) is 0 Å². The van der Waals surface area contributed by atoms with E-state index < -0.39 is 0 Å². The number of piperazine rings is 1. The van der Waals surface area contributed by atoms with Crippen LogP contribution in [-0.2, 0) is 11.3 Å². The number of hydrogen-bond donors (Lipinski definition) is 0. The summed E-state index contributed by atoms with van der Waals surface area (Å²) < 4.78 is 5.71. The van der Waals surface area contributed by atoms with Crippen LogP contribution < -0.4 is 4.90 Å². The van der Waals surface area contributed by atoms with Gasteiger partial charge in [-0.1, -0.05) is 71.2 Å². The van der Waals surface area contributed by atoms with E-state index in [1.807, 2.05) is 48.5 Å². The molecule has 0 N–H and O–H groups in total. The molecule has 2 atom stereocenters. The maximum Gasteiger partial charge on any atom is 0.187 e. The summed E-state index contributed by atoms with van der Waals surface area (Å²) in [5.74, 6) is 0. The molecular weight excluding hydrogens is 477 g/mol. The molecule has 0 aromatic heterocycles. The van der Waals surface area contributed by atoms with E-state index in [1.165, 1.54) is 0 Å². The van der Waals surface area contributed by atoms with Crippen LogP contribution in [0.25, 0.3) is 4.85 Å². The van der Waals surface area contributed by atoms with Gasteiger partial charge in [0, 0.05) is 36.8 Å². The van der Waals surface area contributed by atoms with Crippen LogP contribution in [0, 0.1) is 6.57 Å². The van der Waals surface area contributed by atoms with Crippen molar-refractivity contribution in [1.82, 2.24) is 4.90 Å². The van der Waals surface area contributed by atoms with Crippen molar-refractivity contribution in [1.29, 1.82) is 0 Å². The molecule has 0 radical (unpaired) electrons. The molecule has 0 aliphatic carbocycles. The summed E-state index contributed by atoms with van der Waals surface area (Å²) in [6.45, 7) is 10.1. The fourth-order valence-electron chi connectivity index (χ4n) is 4.47. The first-order valence-electron chi connectivity index (χ1n) is 10.7. The highest BCUT2D eigenvalue weighted by atomic mass is 35.5. The summed E-state index contributed by atoms with van der Waals surface area (Å²) >= 11 is 19.0. The largest absolute Gasteiger partial charge is 0.383 e. The van der Waals surface area contributed by atoms with Crippen molar-refractivity contribution >= 4 is 46.2 Å². The SMILES string of the molecule is [C-]#[N+]c1ccc(CN2CCN(c3ccc(Cl)cc3Cl)[C@@H](c3ccc(Cl)cc3)[C@H]2COC)cc1. The second kappa shape index (κ2) is 10.8. The van der Waals surface area contributed by atoms with E-state index in [0.29, 0.717) is 27.4 Å². The van der Waals surface area contributed by atoms with Gasteiger partial charge in [0.25, 0.3) is 0 Å². The molecule has 1 fully saturated rings. The zero-order valence-corrected chi connectivity index (χ0v) is 20.5. The Morgan fingerprint density at radius 2 is 1.64 bits per heavy atom. The summed E-state index contributed by atoms with van der Waals surface area (Å²) in [5.41, 5.74) is 3.90. The second-order valence-corrected chi connectivity index (χ2v) is 9.34. The van der Waals surface area contributed by atoms with Crippen LogP contribution in [-0.4, -0.2) is 37.7 Å². The zero-order valence-electron chi connectivity index (χ0n) is 18.2. The molecule has 1 saturated heterocycles. The van der Waals surface area contributed by atoms with Crippen LogP contribution in [0.2, 0.25) is 15.1 Å². The molecule has 3 aromatic carbocycles. The van der Waals surface area contributed by atoms with Gasteiger partial charge in [0.15, 0.2) is 5.69 Å². The van der Waals surface area contributed by atoms with Gasteiger partial charge in [-0.3, -0.25) is 4.90 Å². The number of benzene rings is 3. The number of anilines is 1. The van der Waals surface area contributed by atoms with Crippen molar-refractivity contribution in [2.75, 3.05) is 31.7 Å². The lowest BCUT2D eigenvalue weighted by molar-refractivity contribution is 0.0527. The highest BCUT2D eigenvalue weighted by Crippen LogP contribution is 2.40. The van der Waals surface area contributed by atoms with Crippen LogP contribution in [0.1, 0.15) is 17.2 Å². The van der Waals surface area contributed by atoms with Crippen LogP contribution in [0.15, 0.2) is 66.7 Å². The maximum atomic E-state index is 7.19. The van der Waals surface area contributed by atoms with Crippen LogP contribution in [0.5, 0.6) is 0 Å². The van der Waals surface area contributed by atoms with Crippen molar-refractivity contribution in [3.63, 3.8) is 0 Å². The molecule has 0 bridgehead atoms. The summed E-state index contributed by atoms with van der Waals surface area (Å²) in [6, 6.07) is 21.5. The fourth-order valence-corrected chi connectivity index (χ4v) is 5.11. The van der Waals surface area contributed by atoms with E-state index in [9.17, 15) is 0 Å². The minimum absolute atomic E-state index is 0.00263. The monoisotopic (exact) mass is 499 g/mol. The van der Waals surface area contributed by atoms with Crippen molar-refractivity contribution in [3.8, 4) is 0 Å². The lowest BCUT2D eigenvalue weighted by Gasteiger charge is -2.49. The number of ether oxygens (including phenoxy) is 1. The van der Waals surface area contributed by atoms with Gasteiger partial charge in [-0.05, 0) is 41.5 Å². The summed E-state index contributed by atoms with van der Waals surface area (Å²) in [6.07, 6.45) is 0. The maximum absolute atomic E-state index is 7.19. The molecule has 0 saturated carbocycles. The molecule has 0 unspecified atom stereocenters. The fraction of sp³-hybridized carbons (Fsp3) is 0.269. The summed E-state index contributed by atoms with van der Waals surface area (Å²) in [4.78, 5) is 8.27. The van der Waals surface area contributed by atoms with E-state index in [4.69, 9.17) is 46.1 Å². The molecule has 3 aromatic rings. The van der Waals surface area contributed by atoms with E-state index in [1.54, 1.807) is 13.2 Å². The van der Waals surface area contributed by atoms with E-state index in [0.717, 1.165) is 36.4 Å². The Morgan fingerprint density at radius 3 is 2.27 bits per heavy atom. The Hall–Kier alpha value is -2.26. The quantitative estimate of drug-likeness (QED) is 0.332. The normalized spacial score (nSPS) is 18.8.